The van der Waals surface area contributed by atoms with Crippen LogP contribution >= 0.6 is 0 Å². The first-order valence-corrected chi connectivity index (χ1v) is 10.1. The summed E-state index contributed by atoms with van der Waals surface area (Å²) >= 11 is 0. The number of carbonyl (C=O) groups is 2. The molecule has 0 atom stereocenters. The lowest BCUT2D eigenvalue weighted by atomic mass is 9.82. The molecule has 136 valence electrons. The topological polar surface area (TPSA) is 40.6 Å². The van der Waals surface area contributed by atoms with Crippen LogP contribution in [0.4, 0.5) is 0 Å². The van der Waals surface area contributed by atoms with E-state index in [4.69, 9.17) is 0 Å². The molecule has 2 amide bonds. The predicted molar refractivity (Wildman–Crippen MR) is 95.4 cm³/mol. The molecule has 0 spiro atoms. The van der Waals surface area contributed by atoms with E-state index in [1.165, 1.54) is 25.7 Å². The Morgan fingerprint density at radius 1 is 0.583 bits per heavy atom. The number of piperazine rings is 1. The molecule has 0 aromatic carbocycles. The summed E-state index contributed by atoms with van der Waals surface area (Å²) in [5.41, 5.74) is 0. The summed E-state index contributed by atoms with van der Waals surface area (Å²) in [4.78, 5) is 29.4. The Kier molecular flexibility index (Phi) is 5.83. The Morgan fingerprint density at radius 2 is 0.875 bits per heavy atom. The molecular weight excluding hydrogens is 300 g/mol. The van der Waals surface area contributed by atoms with Gasteiger partial charge in [-0.05, 0) is 63.2 Å². The average molecular weight is 335 g/mol. The molecule has 4 heteroatoms. The van der Waals surface area contributed by atoms with Gasteiger partial charge in [0.1, 0.15) is 0 Å². The molecule has 3 rings (SSSR count). The third-order valence-corrected chi connectivity index (χ3v) is 6.63. The number of amides is 2. The van der Waals surface area contributed by atoms with Gasteiger partial charge in [-0.15, -0.1) is 0 Å². The summed E-state index contributed by atoms with van der Waals surface area (Å²) in [7, 11) is 0. The van der Waals surface area contributed by atoms with Gasteiger partial charge in [0.05, 0.1) is 0 Å². The minimum absolute atomic E-state index is 0.239. The zero-order valence-electron chi connectivity index (χ0n) is 15.5. The van der Waals surface area contributed by atoms with Crippen molar-refractivity contribution in [2.24, 2.45) is 23.7 Å². The normalized spacial score (nSPS) is 34.9. The molecule has 2 aliphatic carbocycles. The predicted octanol–water partition coefficient (Wildman–Crippen LogP) is 3.31. The van der Waals surface area contributed by atoms with Gasteiger partial charge in [-0.3, -0.25) is 9.59 Å². The summed E-state index contributed by atoms with van der Waals surface area (Å²) in [6.45, 7) is 7.52. The first-order valence-electron chi connectivity index (χ1n) is 10.1. The minimum Gasteiger partial charge on any atom is -0.339 e. The van der Waals surface area contributed by atoms with Crippen molar-refractivity contribution in [1.82, 2.24) is 9.80 Å². The van der Waals surface area contributed by atoms with Crippen LogP contribution in [0.1, 0.15) is 65.2 Å². The third-order valence-electron chi connectivity index (χ3n) is 6.63. The van der Waals surface area contributed by atoms with E-state index in [1.54, 1.807) is 0 Å². The highest BCUT2D eigenvalue weighted by molar-refractivity contribution is 5.81. The molecule has 0 radical (unpaired) electrons. The Balaban J connectivity index is 1.45. The molecule has 0 aromatic heterocycles. The van der Waals surface area contributed by atoms with E-state index in [0.29, 0.717) is 11.8 Å². The number of hydrogen-bond acceptors (Lipinski definition) is 2. The summed E-state index contributed by atoms with van der Waals surface area (Å²) in [6, 6.07) is 0. The first-order chi connectivity index (χ1) is 11.5. The Labute approximate surface area is 146 Å². The molecule has 4 nitrogen and oxygen atoms in total. The second-order valence-electron chi connectivity index (χ2n) is 8.56. The second-order valence-corrected chi connectivity index (χ2v) is 8.56. The monoisotopic (exact) mass is 334 g/mol. The Hall–Kier alpha value is -1.06. The van der Waals surface area contributed by atoms with Crippen LogP contribution < -0.4 is 0 Å². The molecule has 0 unspecified atom stereocenters. The molecule has 2 saturated carbocycles. The molecule has 1 heterocycles. The highest BCUT2D eigenvalue weighted by Gasteiger charge is 2.33. The lowest BCUT2D eigenvalue weighted by molar-refractivity contribution is -0.145. The van der Waals surface area contributed by atoms with E-state index in [0.717, 1.165) is 63.7 Å². The van der Waals surface area contributed by atoms with Crippen molar-refractivity contribution in [3.8, 4) is 0 Å². The van der Waals surface area contributed by atoms with Crippen LogP contribution in [0, 0.1) is 23.7 Å². The van der Waals surface area contributed by atoms with Crippen LogP contribution in [0.3, 0.4) is 0 Å². The van der Waals surface area contributed by atoms with Crippen molar-refractivity contribution < 1.29 is 9.59 Å². The van der Waals surface area contributed by atoms with E-state index in [2.05, 4.69) is 13.8 Å². The summed E-state index contributed by atoms with van der Waals surface area (Å²) in [5.74, 6) is 2.73. The largest absolute Gasteiger partial charge is 0.339 e. The van der Waals surface area contributed by atoms with Crippen molar-refractivity contribution in [2.45, 2.75) is 65.2 Å². The van der Waals surface area contributed by atoms with Crippen molar-refractivity contribution in [3.63, 3.8) is 0 Å². The van der Waals surface area contributed by atoms with Gasteiger partial charge in [0.15, 0.2) is 0 Å². The van der Waals surface area contributed by atoms with Crippen LogP contribution in [0.2, 0.25) is 0 Å². The summed E-state index contributed by atoms with van der Waals surface area (Å²) < 4.78 is 0. The molecule has 0 N–H and O–H groups in total. The van der Waals surface area contributed by atoms with Crippen LogP contribution in [0.5, 0.6) is 0 Å². The van der Waals surface area contributed by atoms with Gasteiger partial charge >= 0.3 is 0 Å². The average Bonchev–Trinajstić information content (AvgIpc) is 2.62. The van der Waals surface area contributed by atoms with Gasteiger partial charge in [0.2, 0.25) is 11.8 Å². The van der Waals surface area contributed by atoms with Crippen LogP contribution in [0.15, 0.2) is 0 Å². The molecule has 0 aromatic rings. The van der Waals surface area contributed by atoms with Gasteiger partial charge in [0, 0.05) is 38.0 Å². The molecular formula is C20H34N2O2. The van der Waals surface area contributed by atoms with Gasteiger partial charge < -0.3 is 9.80 Å². The van der Waals surface area contributed by atoms with Gasteiger partial charge in [-0.1, -0.05) is 13.8 Å². The SMILES string of the molecule is CC1CCC(C(=O)N2CCN(C(=O)C3CCC(C)CC3)CC2)CC1. The maximum Gasteiger partial charge on any atom is 0.225 e. The molecule has 3 fully saturated rings. The fraction of sp³-hybridized carbons (Fsp3) is 0.900. The molecule has 3 aliphatic rings. The zero-order valence-corrected chi connectivity index (χ0v) is 15.5. The number of nitrogens with zero attached hydrogens (tertiary/aromatic N) is 2. The number of carbonyl (C=O) groups excluding carboxylic acids is 2. The van der Waals surface area contributed by atoms with Crippen molar-refractivity contribution >= 4 is 11.8 Å². The molecule has 0 bridgehead atoms. The number of rotatable bonds is 2. The first kappa shape index (κ1) is 17.8. The summed E-state index contributed by atoms with van der Waals surface area (Å²) in [6.07, 6.45) is 8.98. The maximum atomic E-state index is 12.7. The lowest BCUT2D eigenvalue weighted by Gasteiger charge is -2.39. The van der Waals surface area contributed by atoms with Gasteiger partial charge in [0.25, 0.3) is 0 Å². The molecule has 24 heavy (non-hydrogen) atoms. The Morgan fingerprint density at radius 3 is 1.17 bits per heavy atom. The van der Waals surface area contributed by atoms with Crippen LogP contribution in [-0.2, 0) is 9.59 Å². The van der Waals surface area contributed by atoms with E-state index >= 15 is 0 Å². The molecule has 1 aliphatic heterocycles. The zero-order chi connectivity index (χ0) is 17.1. The standard InChI is InChI=1S/C20H34N2O2/c1-15-3-7-17(8-4-15)19(23)21-11-13-22(14-12-21)20(24)18-9-5-16(2)6-10-18/h15-18H,3-14H2,1-2H3. The minimum atomic E-state index is 0.239. The lowest BCUT2D eigenvalue weighted by Crippen LogP contribution is -2.53. The second kappa shape index (κ2) is 7.88. The fourth-order valence-electron chi connectivity index (χ4n) is 4.68. The fourth-order valence-corrected chi connectivity index (χ4v) is 4.68. The van der Waals surface area contributed by atoms with Crippen molar-refractivity contribution in [3.05, 3.63) is 0 Å². The van der Waals surface area contributed by atoms with E-state index in [1.807, 2.05) is 9.80 Å². The summed E-state index contributed by atoms with van der Waals surface area (Å²) in [5, 5.41) is 0. The third kappa shape index (κ3) is 4.12. The molecule has 1 saturated heterocycles. The van der Waals surface area contributed by atoms with Crippen molar-refractivity contribution in [2.75, 3.05) is 26.2 Å². The van der Waals surface area contributed by atoms with Gasteiger partial charge in [-0.25, -0.2) is 0 Å². The van der Waals surface area contributed by atoms with E-state index in [9.17, 15) is 9.59 Å². The van der Waals surface area contributed by atoms with Gasteiger partial charge in [-0.2, -0.15) is 0 Å². The highest BCUT2D eigenvalue weighted by atomic mass is 16.2. The van der Waals surface area contributed by atoms with E-state index in [-0.39, 0.29) is 11.8 Å². The Bertz CT molecular complexity index is 399. The smallest absolute Gasteiger partial charge is 0.225 e. The number of hydrogen-bond donors (Lipinski definition) is 0. The van der Waals surface area contributed by atoms with Crippen molar-refractivity contribution in [1.29, 1.82) is 0 Å². The highest BCUT2D eigenvalue weighted by Crippen LogP contribution is 2.31. The van der Waals surface area contributed by atoms with E-state index < -0.39 is 0 Å². The van der Waals surface area contributed by atoms with Crippen LogP contribution in [-0.4, -0.2) is 47.8 Å². The quantitative estimate of drug-likeness (QED) is 0.777. The maximum absolute atomic E-state index is 12.7. The van der Waals surface area contributed by atoms with Crippen LogP contribution in [0.25, 0.3) is 0 Å².